The fourth-order valence-corrected chi connectivity index (χ4v) is 9.69. The van der Waals surface area contributed by atoms with Gasteiger partial charge in [-0.25, -0.2) is 0 Å². The number of fused-ring (bicyclic) bond motifs is 6. The van der Waals surface area contributed by atoms with Crippen molar-refractivity contribution in [2.45, 2.75) is 0 Å². The van der Waals surface area contributed by atoms with E-state index in [9.17, 15) is 0 Å². The van der Waals surface area contributed by atoms with E-state index in [0.29, 0.717) is 0 Å². The van der Waals surface area contributed by atoms with Gasteiger partial charge < -0.3 is 9.32 Å². The summed E-state index contributed by atoms with van der Waals surface area (Å²) in [5.74, 6) is 0. The van der Waals surface area contributed by atoms with Gasteiger partial charge in [0, 0.05) is 27.5 Å². The third-order valence-corrected chi connectivity index (χ3v) is 12.7. The molecule has 0 amide bonds. The second-order valence-electron chi connectivity index (χ2n) is 16.4. The Bertz CT molecular complexity index is 3640. The molecule has 0 aliphatic heterocycles. The number of benzene rings is 11. The summed E-state index contributed by atoms with van der Waals surface area (Å²) in [5.41, 5.74) is 16.8. The van der Waals surface area contributed by atoms with Crippen molar-refractivity contribution in [3.05, 3.63) is 249 Å². The van der Waals surface area contributed by atoms with Gasteiger partial charge in [0.15, 0.2) is 5.58 Å². The minimum atomic E-state index is 0.853. The van der Waals surface area contributed by atoms with Gasteiger partial charge in [0.05, 0.1) is 5.69 Å². The lowest BCUT2D eigenvalue weighted by Gasteiger charge is -2.26. The third-order valence-electron chi connectivity index (χ3n) is 12.7. The minimum absolute atomic E-state index is 0.853. The second kappa shape index (κ2) is 15.8. The summed E-state index contributed by atoms with van der Waals surface area (Å²) in [6.45, 7) is 0. The standard InChI is InChI=1S/C62H41NO/c1-3-16-42(17-4-1)50-23-9-11-26-55(50)56-27-12-10-24-51(56)45-32-37-48(38-33-45)63(59-31-15-30-57-58-41-36-44-20-7-8-25-54(44)61(58)64-62(57)59)49-39-34-46(35-40-49)53-29-14-22-47-21-13-28-52(60(47)53)43-18-5-2-6-19-43/h1-41H. The first kappa shape index (κ1) is 37.3. The molecule has 0 N–H and O–H groups in total. The van der Waals surface area contributed by atoms with Gasteiger partial charge in [-0.2, -0.15) is 0 Å². The third kappa shape index (κ3) is 6.44. The summed E-state index contributed by atoms with van der Waals surface area (Å²) < 4.78 is 6.98. The second-order valence-corrected chi connectivity index (χ2v) is 16.4. The highest BCUT2D eigenvalue weighted by molar-refractivity contribution is 6.17. The topological polar surface area (TPSA) is 16.4 Å². The molecule has 12 aromatic rings. The first-order valence-corrected chi connectivity index (χ1v) is 21.9. The van der Waals surface area contributed by atoms with Gasteiger partial charge in [-0.05, 0) is 108 Å². The van der Waals surface area contributed by atoms with Gasteiger partial charge in [-0.15, -0.1) is 0 Å². The van der Waals surface area contributed by atoms with Crippen LogP contribution in [0.25, 0.3) is 99.1 Å². The minimum Gasteiger partial charge on any atom is -0.453 e. The van der Waals surface area contributed by atoms with E-state index in [2.05, 4.69) is 254 Å². The van der Waals surface area contributed by atoms with Crippen molar-refractivity contribution in [2.24, 2.45) is 0 Å². The van der Waals surface area contributed by atoms with Crippen molar-refractivity contribution in [1.82, 2.24) is 0 Å². The molecule has 0 saturated carbocycles. The van der Waals surface area contributed by atoms with Crippen LogP contribution >= 0.6 is 0 Å². The molecule has 64 heavy (non-hydrogen) atoms. The molecule has 2 heteroatoms. The Kier molecular flexibility index (Phi) is 9.20. The summed E-state index contributed by atoms with van der Waals surface area (Å²) in [4.78, 5) is 2.34. The zero-order valence-corrected chi connectivity index (χ0v) is 35.0. The Balaban J connectivity index is 1.01. The van der Waals surface area contributed by atoms with Crippen LogP contribution in [0.2, 0.25) is 0 Å². The maximum atomic E-state index is 6.98. The number of anilines is 3. The van der Waals surface area contributed by atoms with Crippen LogP contribution in [0.4, 0.5) is 17.1 Å². The van der Waals surface area contributed by atoms with Crippen LogP contribution in [-0.4, -0.2) is 0 Å². The predicted molar refractivity (Wildman–Crippen MR) is 271 cm³/mol. The van der Waals surface area contributed by atoms with Crippen molar-refractivity contribution in [3.8, 4) is 55.6 Å². The van der Waals surface area contributed by atoms with Crippen LogP contribution < -0.4 is 4.90 Å². The summed E-state index contributed by atoms with van der Waals surface area (Å²) >= 11 is 0. The molecule has 0 aliphatic rings. The molecule has 2 nitrogen and oxygen atoms in total. The zero-order chi connectivity index (χ0) is 42.4. The molecule has 0 atom stereocenters. The fourth-order valence-electron chi connectivity index (χ4n) is 9.69. The van der Waals surface area contributed by atoms with Gasteiger partial charge in [0.2, 0.25) is 0 Å². The molecular formula is C62H41NO. The summed E-state index contributed by atoms with van der Waals surface area (Å²) in [6, 6.07) is 89.5. The highest BCUT2D eigenvalue weighted by Gasteiger charge is 2.21. The molecular weight excluding hydrogens is 775 g/mol. The van der Waals surface area contributed by atoms with E-state index in [1.165, 1.54) is 55.3 Å². The number of nitrogens with zero attached hydrogens (tertiary/aromatic N) is 1. The first-order valence-electron chi connectivity index (χ1n) is 21.9. The largest absolute Gasteiger partial charge is 0.453 e. The predicted octanol–water partition coefficient (Wildman–Crippen LogP) is 17.7. The number of hydrogen-bond acceptors (Lipinski definition) is 2. The Morgan fingerprint density at radius 2 is 0.672 bits per heavy atom. The SMILES string of the molecule is c1ccc(-c2ccccc2-c2ccccc2-c2ccc(N(c3ccc(-c4cccc5cccc(-c6ccccc6)c45)cc3)c3cccc4c3oc3c5ccccc5ccc43)cc2)cc1. The molecule has 0 bridgehead atoms. The van der Waals surface area contributed by atoms with Crippen molar-refractivity contribution >= 4 is 60.5 Å². The van der Waals surface area contributed by atoms with E-state index in [-0.39, 0.29) is 0 Å². The molecule has 0 unspecified atom stereocenters. The average molecular weight is 816 g/mol. The molecule has 0 fully saturated rings. The quantitative estimate of drug-likeness (QED) is 0.152. The Labute approximate surface area is 372 Å². The lowest BCUT2D eigenvalue weighted by atomic mass is 9.89. The van der Waals surface area contributed by atoms with Crippen LogP contribution in [0, 0.1) is 0 Å². The van der Waals surface area contributed by atoms with E-state index >= 15 is 0 Å². The molecule has 12 rings (SSSR count). The lowest BCUT2D eigenvalue weighted by Crippen LogP contribution is -2.10. The highest BCUT2D eigenvalue weighted by atomic mass is 16.3. The van der Waals surface area contributed by atoms with Crippen molar-refractivity contribution < 1.29 is 4.42 Å². The Morgan fingerprint density at radius 3 is 1.28 bits per heavy atom. The maximum absolute atomic E-state index is 6.98. The smallest absolute Gasteiger partial charge is 0.159 e. The summed E-state index contributed by atoms with van der Waals surface area (Å²) in [5, 5.41) is 6.95. The molecule has 1 heterocycles. The number of rotatable bonds is 8. The average Bonchev–Trinajstić information content (AvgIpc) is 3.77. The molecule has 300 valence electrons. The highest BCUT2D eigenvalue weighted by Crippen LogP contribution is 2.46. The number of furan rings is 1. The molecule has 0 radical (unpaired) electrons. The van der Waals surface area contributed by atoms with Crippen LogP contribution in [-0.2, 0) is 0 Å². The fraction of sp³-hybridized carbons (Fsp3) is 0. The Hall–Kier alpha value is -8.46. The number of hydrogen-bond donors (Lipinski definition) is 0. The number of para-hydroxylation sites is 1. The van der Waals surface area contributed by atoms with E-state index in [4.69, 9.17) is 4.42 Å². The van der Waals surface area contributed by atoms with Crippen LogP contribution in [0.1, 0.15) is 0 Å². The first-order chi connectivity index (χ1) is 31.8. The molecule has 1 aromatic heterocycles. The Morgan fingerprint density at radius 1 is 0.250 bits per heavy atom. The van der Waals surface area contributed by atoms with Crippen LogP contribution in [0.3, 0.4) is 0 Å². The van der Waals surface area contributed by atoms with Gasteiger partial charge in [-0.3, -0.25) is 0 Å². The summed E-state index contributed by atoms with van der Waals surface area (Å²) in [7, 11) is 0. The maximum Gasteiger partial charge on any atom is 0.159 e. The van der Waals surface area contributed by atoms with E-state index in [1.54, 1.807) is 0 Å². The van der Waals surface area contributed by atoms with E-state index in [0.717, 1.165) is 60.9 Å². The zero-order valence-electron chi connectivity index (χ0n) is 35.0. The molecule has 0 spiro atoms. The van der Waals surface area contributed by atoms with Gasteiger partial charge in [0.1, 0.15) is 5.58 Å². The summed E-state index contributed by atoms with van der Waals surface area (Å²) in [6.07, 6.45) is 0. The van der Waals surface area contributed by atoms with Gasteiger partial charge in [0.25, 0.3) is 0 Å². The van der Waals surface area contributed by atoms with Crippen molar-refractivity contribution in [2.75, 3.05) is 4.90 Å². The van der Waals surface area contributed by atoms with E-state index < -0.39 is 0 Å². The molecule has 0 saturated heterocycles. The normalized spacial score (nSPS) is 11.4. The molecule has 0 aliphatic carbocycles. The monoisotopic (exact) mass is 815 g/mol. The van der Waals surface area contributed by atoms with E-state index in [1.807, 2.05) is 0 Å². The van der Waals surface area contributed by atoms with Crippen LogP contribution in [0.5, 0.6) is 0 Å². The van der Waals surface area contributed by atoms with Crippen molar-refractivity contribution in [1.29, 1.82) is 0 Å². The van der Waals surface area contributed by atoms with Gasteiger partial charge in [-0.1, -0.05) is 212 Å². The molecule has 11 aromatic carbocycles. The van der Waals surface area contributed by atoms with Crippen molar-refractivity contribution in [3.63, 3.8) is 0 Å². The van der Waals surface area contributed by atoms with Crippen LogP contribution in [0.15, 0.2) is 253 Å². The van der Waals surface area contributed by atoms with Gasteiger partial charge >= 0.3 is 0 Å². The lowest BCUT2D eigenvalue weighted by molar-refractivity contribution is 0.673.